The number of hydrogen-bond acceptors (Lipinski definition) is 4. The van der Waals surface area contributed by atoms with Crippen molar-refractivity contribution in [3.8, 4) is 0 Å². The topological polar surface area (TPSA) is 51.0 Å². The van der Waals surface area contributed by atoms with Crippen molar-refractivity contribution in [3.63, 3.8) is 0 Å². The predicted octanol–water partition coefficient (Wildman–Crippen LogP) is 2.75. The first kappa shape index (κ1) is 12.8. The van der Waals surface area contributed by atoms with E-state index in [0.29, 0.717) is 18.3 Å². The van der Waals surface area contributed by atoms with Crippen molar-refractivity contribution in [2.24, 2.45) is 5.92 Å². The Morgan fingerprint density at radius 3 is 3.05 bits per heavy atom. The summed E-state index contributed by atoms with van der Waals surface area (Å²) < 4.78 is 6.48. The van der Waals surface area contributed by atoms with Crippen molar-refractivity contribution in [2.75, 3.05) is 13.1 Å². The third-order valence-corrected chi connectivity index (χ3v) is 4.06. The first-order valence-corrected chi connectivity index (χ1v) is 7.29. The third kappa shape index (κ3) is 2.87. The van der Waals surface area contributed by atoms with Crippen molar-refractivity contribution in [2.45, 2.75) is 19.3 Å². The summed E-state index contributed by atoms with van der Waals surface area (Å²) in [5, 5.41) is 7.44. The molecule has 2 aromatic rings. The molecular weight excluding hydrogens is 306 g/mol. The van der Waals surface area contributed by atoms with Gasteiger partial charge in [0.2, 0.25) is 5.89 Å². The number of nitrogens with zero attached hydrogens (tertiary/aromatic N) is 2. The molecule has 2 unspecified atom stereocenters. The van der Waals surface area contributed by atoms with Crippen molar-refractivity contribution in [1.82, 2.24) is 15.5 Å². The summed E-state index contributed by atoms with van der Waals surface area (Å²) >= 11 is 3.47. The average Bonchev–Trinajstić information content (AvgIpc) is 2.98. The van der Waals surface area contributed by atoms with Crippen LogP contribution in [-0.2, 0) is 6.42 Å². The molecule has 4 nitrogen and oxygen atoms in total. The molecule has 1 aliphatic heterocycles. The van der Waals surface area contributed by atoms with Crippen LogP contribution >= 0.6 is 15.9 Å². The van der Waals surface area contributed by atoms with Gasteiger partial charge in [-0.1, -0.05) is 40.1 Å². The van der Waals surface area contributed by atoms with Crippen LogP contribution in [0.25, 0.3) is 0 Å². The summed E-state index contributed by atoms with van der Waals surface area (Å²) in [5.74, 6) is 2.43. The fourth-order valence-electron chi connectivity index (χ4n) is 2.46. The normalized spacial score (nSPS) is 22.8. The van der Waals surface area contributed by atoms with E-state index in [1.807, 2.05) is 12.1 Å². The molecule has 0 saturated carbocycles. The molecule has 100 valence electrons. The van der Waals surface area contributed by atoms with E-state index in [1.54, 1.807) is 0 Å². The molecule has 2 heterocycles. The van der Waals surface area contributed by atoms with Crippen LogP contribution in [0.4, 0.5) is 0 Å². The van der Waals surface area contributed by atoms with E-state index in [0.717, 1.165) is 29.3 Å². The second-order valence-corrected chi connectivity index (χ2v) is 6.01. The molecule has 5 heteroatoms. The molecule has 1 fully saturated rings. The highest BCUT2D eigenvalue weighted by molar-refractivity contribution is 9.10. The predicted molar refractivity (Wildman–Crippen MR) is 76.0 cm³/mol. The van der Waals surface area contributed by atoms with Gasteiger partial charge in [-0.2, -0.15) is 4.98 Å². The number of rotatable bonds is 3. The fourth-order valence-corrected chi connectivity index (χ4v) is 2.91. The highest BCUT2D eigenvalue weighted by Crippen LogP contribution is 2.26. The van der Waals surface area contributed by atoms with E-state index in [4.69, 9.17) is 4.52 Å². The molecule has 1 aliphatic rings. The minimum Gasteiger partial charge on any atom is -0.339 e. The lowest BCUT2D eigenvalue weighted by Gasteiger charge is -2.07. The molecule has 1 N–H and O–H groups in total. The maximum atomic E-state index is 5.41. The average molecular weight is 322 g/mol. The molecule has 0 bridgehead atoms. The Kier molecular flexibility index (Phi) is 3.66. The third-order valence-electron chi connectivity index (χ3n) is 3.57. The lowest BCUT2D eigenvalue weighted by atomic mass is 9.98. The molecule has 3 rings (SSSR count). The van der Waals surface area contributed by atoms with E-state index in [2.05, 4.69) is 50.4 Å². The highest BCUT2D eigenvalue weighted by Gasteiger charge is 2.29. The van der Waals surface area contributed by atoms with Crippen molar-refractivity contribution in [1.29, 1.82) is 0 Å². The second-order valence-electron chi connectivity index (χ2n) is 5.10. The largest absolute Gasteiger partial charge is 0.339 e. The van der Waals surface area contributed by atoms with E-state index in [1.165, 1.54) is 5.56 Å². The summed E-state index contributed by atoms with van der Waals surface area (Å²) in [7, 11) is 0. The van der Waals surface area contributed by atoms with E-state index in [9.17, 15) is 0 Å². The zero-order valence-corrected chi connectivity index (χ0v) is 12.4. The van der Waals surface area contributed by atoms with Gasteiger partial charge in [-0.25, -0.2) is 0 Å². The van der Waals surface area contributed by atoms with E-state index < -0.39 is 0 Å². The van der Waals surface area contributed by atoms with Crippen LogP contribution in [0.3, 0.4) is 0 Å². The smallest absolute Gasteiger partial charge is 0.231 e. The van der Waals surface area contributed by atoms with Crippen LogP contribution in [-0.4, -0.2) is 23.2 Å². The van der Waals surface area contributed by atoms with Crippen LogP contribution in [0.2, 0.25) is 0 Å². The molecule has 19 heavy (non-hydrogen) atoms. The lowest BCUT2D eigenvalue weighted by Crippen LogP contribution is -2.08. The number of hydrogen-bond donors (Lipinski definition) is 1. The van der Waals surface area contributed by atoms with Gasteiger partial charge < -0.3 is 9.84 Å². The Labute approximate surface area is 120 Å². The summed E-state index contributed by atoms with van der Waals surface area (Å²) in [4.78, 5) is 4.53. The molecular formula is C14H16BrN3O. The molecule has 0 aliphatic carbocycles. The number of halogens is 1. The van der Waals surface area contributed by atoms with Gasteiger partial charge in [0.05, 0.1) is 5.92 Å². The molecule has 1 saturated heterocycles. The standard InChI is InChI=1S/C14H16BrN3O/c1-9-7-16-8-12(9)14-17-13(18-19-14)6-10-3-2-4-11(15)5-10/h2-5,9,12,16H,6-8H2,1H3. The van der Waals surface area contributed by atoms with Gasteiger partial charge in [0.25, 0.3) is 0 Å². The second kappa shape index (κ2) is 5.43. The van der Waals surface area contributed by atoms with Crippen LogP contribution in [0.15, 0.2) is 33.3 Å². The number of nitrogens with one attached hydrogen (secondary N) is 1. The first-order valence-electron chi connectivity index (χ1n) is 6.50. The van der Waals surface area contributed by atoms with Crippen molar-refractivity contribution >= 4 is 15.9 Å². The molecule has 1 aromatic carbocycles. The SMILES string of the molecule is CC1CNCC1c1nc(Cc2cccc(Br)c2)no1. The van der Waals surface area contributed by atoms with Crippen LogP contribution in [0.1, 0.15) is 30.1 Å². The van der Waals surface area contributed by atoms with Gasteiger partial charge in [-0.05, 0) is 30.2 Å². The Morgan fingerprint density at radius 1 is 1.42 bits per heavy atom. The van der Waals surface area contributed by atoms with Gasteiger partial charge in [-0.15, -0.1) is 0 Å². The highest BCUT2D eigenvalue weighted by atomic mass is 79.9. The number of aromatic nitrogens is 2. The molecule has 0 radical (unpaired) electrons. The number of benzene rings is 1. The Bertz CT molecular complexity index is 569. The van der Waals surface area contributed by atoms with Crippen LogP contribution < -0.4 is 5.32 Å². The van der Waals surface area contributed by atoms with Gasteiger partial charge in [0, 0.05) is 17.4 Å². The van der Waals surface area contributed by atoms with Crippen molar-refractivity contribution < 1.29 is 4.52 Å². The minimum atomic E-state index is 0.351. The minimum absolute atomic E-state index is 0.351. The Hall–Kier alpha value is -1.20. The van der Waals surface area contributed by atoms with Crippen LogP contribution in [0, 0.1) is 5.92 Å². The quantitative estimate of drug-likeness (QED) is 0.944. The maximum Gasteiger partial charge on any atom is 0.231 e. The Morgan fingerprint density at radius 2 is 2.32 bits per heavy atom. The zero-order valence-electron chi connectivity index (χ0n) is 10.8. The maximum absolute atomic E-state index is 5.41. The monoisotopic (exact) mass is 321 g/mol. The van der Waals surface area contributed by atoms with Crippen molar-refractivity contribution in [3.05, 3.63) is 46.0 Å². The molecule has 1 aromatic heterocycles. The Balaban J connectivity index is 1.74. The van der Waals surface area contributed by atoms with Gasteiger partial charge in [-0.3, -0.25) is 0 Å². The molecule has 0 spiro atoms. The molecule has 0 amide bonds. The van der Waals surface area contributed by atoms with E-state index in [-0.39, 0.29) is 0 Å². The first-order chi connectivity index (χ1) is 9.22. The fraction of sp³-hybridized carbons (Fsp3) is 0.429. The zero-order chi connectivity index (χ0) is 13.2. The van der Waals surface area contributed by atoms with Gasteiger partial charge >= 0.3 is 0 Å². The van der Waals surface area contributed by atoms with E-state index >= 15 is 0 Å². The summed E-state index contributed by atoms with van der Waals surface area (Å²) in [5.41, 5.74) is 1.18. The lowest BCUT2D eigenvalue weighted by molar-refractivity contribution is 0.337. The summed E-state index contributed by atoms with van der Waals surface area (Å²) in [6.45, 7) is 4.16. The van der Waals surface area contributed by atoms with Crippen LogP contribution in [0.5, 0.6) is 0 Å². The summed E-state index contributed by atoms with van der Waals surface area (Å²) in [6.07, 6.45) is 0.706. The van der Waals surface area contributed by atoms with Gasteiger partial charge in [0.1, 0.15) is 0 Å². The summed E-state index contributed by atoms with van der Waals surface area (Å²) in [6, 6.07) is 8.18. The molecule has 2 atom stereocenters. The van der Waals surface area contributed by atoms with Gasteiger partial charge in [0.15, 0.2) is 5.82 Å².